The molecule has 0 aromatic carbocycles. The topological polar surface area (TPSA) is 58.3 Å². The normalized spacial score (nSPS) is 18.3. The van der Waals surface area contributed by atoms with Crippen LogP contribution in [0, 0.1) is 6.92 Å². The molecule has 0 radical (unpaired) electrons. The third kappa shape index (κ3) is 5.12. The first-order valence-corrected chi connectivity index (χ1v) is 9.43. The Bertz CT molecular complexity index is 537. The van der Waals surface area contributed by atoms with Gasteiger partial charge < -0.3 is 14.8 Å². The highest BCUT2D eigenvalue weighted by Crippen LogP contribution is 2.29. The van der Waals surface area contributed by atoms with Crippen molar-refractivity contribution in [1.29, 1.82) is 0 Å². The number of nitrogens with one attached hydrogen (secondary N) is 1. The number of aromatic nitrogens is 3. The number of guanidine groups is 1. The molecule has 1 aromatic heterocycles. The van der Waals surface area contributed by atoms with Gasteiger partial charge in [-0.3, -0.25) is 0 Å². The van der Waals surface area contributed by atoms with Crippen molar-refractivity contribution in [3.63, 3.8) is 0 Å². The van der Waals surface area contributed by atoms with Gasteiger partial charge in [0.15, 0.2) is 11.8 Å². The van der Waals surface area contributed by atoms with Crippen molar-refractivity contribution in [1.82, 2.24) is 25.0 Å². The van der Waals surface area contributed by atoms with Gasteiger partial charge in [0.25, 0.3) is 0 Å². The minimum atomic E-state index is 0.271. The molecule has 1 N–H and O–H groups in total. The van der Waals surface area contributed by atoms with Crippen molar-refractivity contribution in [2.45, 2.75) is 51.8 Å². The second-order valence-electron chi connectivity index (χ2n) is 6.67. The average Bonchev–Trinajstić information content (AvgIpc) is 2.81. The molecule has 1 fully saturated rings. The van der Waals surface area contributed by atoms with Crippen LogP contribution in [0.3, 0.4) is 0 Å². The van der Waals surface area contributed by atoms with Crippen molar-refractivity contribution in [3.8, 4) is 0 Å². The van der Waals surface area contributed by atoms with E-state index in [0.29, 0.717) is 6.54 Å². The van der Waals surface area contributed by atoms with Crippen molar-refractivity contribution in [2.75, 3.05) is 25.4 Å². The van der Waals surface area contributed by atoms with Crippen LogP contribution in [0.15, 0.2) is 4.99 Å². The Balaban J connectivity index is 2.09. The molecule has 0 aliphatic carbocycles. The molecule has 0 amide bonds. The smallest absolute Gasteiger partial charge is 0.194 e. The Labute approximate surface area is 144 Å². The Morgan fingerprint density at radius 3 is 2.78 bits per heavy atom. The number of aliphatic imine (C=N–C) groups is 1. The lowest BCUT2D eigenvalue weighted by molar-refractivity contribution is 0.374. The zero-order valence-corrected chi connectivity index (χ0v) is 15.9. The monoisotopic (exact) mass is 338 g/mol. The first kappa shape index (κ1) is 18.1. The largest absolute Gasteiger partial charge is 0.356 e. The van der Waals surface area contributed by atoms with E-state index in [2.05, 4.69) is 41.2 Å². The first-order valence-electron chi connectivity index (χ1n) is 8.45. The Morgan fingerprint density at radius 2 is 2.17 bits per heavy atom. The van der Waals surface area contributed by atoms with E-state index < -0.39 is 0 Å². The van der Waals surface area contributed by atoms with E-state index in [1.807, 2.05) is 30.3 Å². The van der Waals surface area contributed by atoms with Crippen molar-refractivity contribution >= 4 is 17.7 Å². The fourth-order valence-electron chi connectivity index (χ4n) is 2.58. The third-order valence-electron chi connectivity index (χ3n) is 4.09. The molecular formula is C16H30N6S. The summed E-state index contributed by atoms with van der Waals surface area (Å²) in [6, 6.07) is 0. The van der Waals surface area contributed by atoms with E-state index in [9.17, 15) is 0 Å². The van der Waals surface area contributed by atoms with E-state index in [1.54, 1.807) is 0 Å². The van der Waals surface area contributed by atoms with Crippen LogP contribution in [0.25, 0.3) is 0 Å². The highest BCUT2D eigenvalue weighted by atomic mass is 32.2. The van der Waals surface area contributed by atoms with Crippen LogP contribution in [0.1, 0.15) is 45.3 Å². The quantitative estimate of drug-likeness (QED) is 0.507. The van der Waals surface area contributed by atoms with Crippen LogP contribution in [0.5, 0.6) is 0 Å². The van der Waals surface area contributed by atoms with Crippen LogP contribution >= 0.6 is 11.8 Å². The van der Waals surface area contributed by atoms with Crippen LogP contribution < -0.4 is 5.32 Å². The Morgan fingerprint density at radius 1 is 1.39 bits per heavy atom. The summed E-state index contributed by atoms with van der Waals surface area (Å²) in [5.41, 5.74) is 0. The zero-order valence-electron chi connectivity index (χ0n) is 15.1. The number of aryl methyl sites for hydroxylation is 1. The number of hydrogen-bond acceptors (Lipinski definition) is 4. The molecule has 1 aromatic rings. The second kappa shape index (κ2) is 8.04. The summed E-state index contributed by atoms with van der Waals surface area (Å²) in [5, 5.41) is 11.9. The summed E-state index contributed by atoms with van der Waals surface area (Å²) in [6.45, 7) is 12.4. The molecule has 23 heavy (non-hydrogen) atoms. The maximum absolute atomic E-state index is 4.83. The standard InChI is InChI=1S/C16H30N6S/c1-6-7-8-17-15(22-9-10-23-16(3,4)12-22)18-11-14-20-19-13(2)21(14)5/h6-12H2,1-5H3,(H,17,18). The van der Waals surface area contributed by atoms with E-state index in [1.165, 1.54) is 6.42 Å². The Kier molecular flexibility index (Phi) is 6.33. The SMILES string of the molecule is CCCCNC(=NCc1nnc(C)n1C)N1CCSC(C)(C)C1. The predicted molar refractivity (Wildman–Crippen MR) is 97.9 cm³/mol. The average molecular weight is 339 g/mol. The summed E-state index contributed by atoms with van der Waals surface area (Å²) >= 11 is 2.04. The predicted octanol–water partition coefficient (Wildman–Crippen LogP) is 2.20. The van der Waals surface area contributed by atoms with Crippen LogP contribution in [0.2, 0.25) is 0 Å². The van der Waals surface area contributed by atoms with Gasteiger partial charge in [0.1, 0.15) is 12.4 Å². The molecule has 6 nitrogen and oxygen atoms in total. The summed E-state index contributed by atoms with van der Waals surface area (Å²) in [5.74, 6) is 3.98. The molecule has 2 rings (SSSR count). The van der Waals surface area contributed by atoms with E-state index in [4.69, 9.17) is 4.99 Å². The van der Waals surface area contributed by atoms with E-state index in [0.717, 1.165) is 49.4 Å². The van der Waals surface area contributed by atoms with Gasteiger partial charge in [-0.15, -0.1) is 10.2 Å². The molecular weight excluding hydrogens is 308 g/mol. The molecule has 1 aliphatic rings. The van der Waals surface area contributed by atoms with Gasteiger partial charge in [-0.1, -0.05) is 13.3 Å². The number of hydrogen-bond donors (Lipinski definition) is 1. The molecule has 0 atom stereocenters. The zero-order chi connectivity index (χ0) is 16.9. The van der Waals surface area contributed by atoms with Gasteiger partial charge in [0.05, 0.1) is 0 Å². The minimum absolute atomic E-state index is 0.271. The maximum Gasteiger partial charge on any atom is 0.194 e. The fraction of sp³-hybridized carbons (Fsp3) is 0.812. The minimum Gasteiger partial charge on any atom is -0.356 e. The summed E-state index contributed by atoms with van der Waals surface area (Å²) in [7, 11) is 1.99. The van der Waals surface area contributed by atoms with Gasteiger partial charge in [-0.05, 0) is 27.2 Å². The maximum atomic E-state index is 4.83. The van der Waals surface area contributed by atoms with Gasteiger partial charge in [-0.2, -0.15) is 11.8 Å². The summed E-state index contributed by atoms with van der Waals surface area (Å²) in [4.78, 5) is 7.21. The summed E-state index contributed by atoms with van der Waals surface area (Å²) in [6.07, 6.45) is 2.35. The highest BCUT2D eigenvalue weighted by Gasteiger charge is 2.28. The van der Waals surface area contributed by atoms with Gasteiger partial charge in [0.2, 0.25) is 0 Å². The first-order chi connectivity index (χ1) is 10.9. The molecule has 1 aliphatic heterocycles. The van der Waals surface area contributed by atoms with Crippen molar-refractivity contribution in [3.05, 3.63) is 11.6 Å². The molecule has 2 heterocycles. The van der Waals surface area contributed by atoms with Gasteiger partial charge in [0, 0.05) is 37.2 Å². The van der Waals surface area contributed by atoms with E-state index in [-0.39, 0.29) is 4.75 Å². The number of thioether (sulfide) groups is 1. The van der Waals surface area contributed by atoms with Crippen molar-refractivity contribution < 1.29 is 0 Å². The fourth-order valence-corrected chi connectivity index (χ4v) is 3.69. The molecule has 1 saturated heterocycles. The van der Waals surface area contributed by atoms with Crippen LogP contribution in [-0.4, -0.2) is 55.8 Å². The lowest BCUT2D eigenvalue weighted by Crippen LogP contribution is -2.51. The van der Waals surface area contributed by atoms with Crippen LogP contribution in [-0.2, 0) is 13.6 Å². The summed E-state index contributed by atoms with van der Waals surface area (Å²) < 4.78 is 2.27. The highest BCUT2D eigenvalue weighted by molar-refractivity contribution is 8.00. The number of nitrogens with zero attached hydrogens (tertiary/aromatic N) is 5. The molecule has 0 unspecified atom stereocenters. The number of rotatable bonds is 5. The molecule has 0 saturated carbocycles. The molecule has 0 spiro atoms. The van der Waals surface area contributed by atoms with E-state index >= 15 is 0 Å². The molecule has 130 valence electrons. The van der Waals surface area contributed by atoms with Gasteiger partial charge in [-0.25, -0.2) is 4.99 Å². The van der Waals surface area contributed by atoms with Crippen molar-refractivity contribution in [2.24, 2.45) is 12.0 Å². The van der Waals surface area contributed by atoms with Gasteiger partial charge >= 0.3 is 0 Å². The second-order valence-corrected chi connectivity index (χ2v) is 8.47. The Hall–Kier alpha value is -1.24. The number of unbranched alkanes of at least 4 members (excludes halogenated alkanes) is 1. The molecule has 7 heteroatoms. The van der Waals surface area contributed by atoms with Crippen LogP contribution in [0.4, 0.5) is 0 Å². The molecule has 0 bridgehead atoms. The third-order valence-corrected chi connectivity index (χ3v) is 5.39. The lowest BCUT2D eigenvalue weighted by Gasteiger charge is -2.39. The lowest BCUT2D eigenvalue weighted by atomic mass is 10.2.